The van der Waals surface area contributed by atoms with Gasteiger partial charge in [0.05, 0.1) is 12.7 Å². The van der Waals surface area contributed by atoms with Gasteiger partial charge < -0.3 is 9.64 Å². The zero-order valence-electron chi connectivity index (χ0n) is 12.4. The maximum atomic E-state index is 6.30. The normalized spacial score (nSPS) is 42.8. The van der Waals surface area contributed by atoms with Gasteiger partial charge in [0, 0.05) is 6.54 Å². The Hall–Kier alpha value is -0.0800. The first-order valence-corrected chi connectivity index (χ1v) is 7.88. The molecule has 1 heterocycles. The molecule has 0 radical (unpaired) electrons. The summed E-state index contributed by atoms with van der Waals surface area (Å²) in [6.45, 7) is 12.1. The van der Waals surface area contributed by atoms with Crippen LogP contribution in [0.1, 0.15) is 52.9 Å². The molecular formula is C16H29NO. The summed E-state index contributed by atoms with van der Waals surface area (Å²) in [7, 11) is 0. The summed E-state index contributed by atoms with van der Waals surface area (Å²) < 4.78 is 6.30. The van der Waals surface area contributed by atoms with Gasteiger partial charge in [0.25, 0.3) is 0 Å². The molecule has 1 saturated heterocycles. The summed E-state index contributed by atoms with van der Waals surface area (Å²) in [6.07, 6.45) is 7.40. The highest BCUT2D eigenvalue weighted by molar-refractivity contribution is 5.11. The predicted molar refractivity (Wildman–Crippen MR) is 74.6 cm³/mol. The summed E-state index contributed by atoms with van der Waals surface area (Å²) in [4.78, 5) is 2.56. The van der Waals surface area contributed by atoms with Gasteiger partial charge in [0.2, 0.25) is 0 Å². The fourth-order valence-corrected chi connectivity index (χ4v) is 4.71. The van der Waals surface area contributed by atoms with E-state index in [1.165, 1.54) is 45.2 Å². The van der Waals surface area contributed by atoms with Crippen LogP contribution in [0.15, 0.2) is 0 Å². The van der Waals surface area contributed by atoms with Crippen molar-refractivity contribution in [3.63, 3.8) is 0 Å². The van der Waals surface area contributed by atoms with Crippen molar-refractivity contribution in [3.8, 4) is 0 Å². The molecule has 3 fully saturated rings. The quantitative estimate of drug-likeness (QED) is 0.760. The van der Waals surface area contributed by atoms with Gasteiger partial charge in [-0.3, -0.25) is 0 Å². The van der Waals surface area contributed by atoms with Crippen molar-refractivity contribution in [1.29, 1.82) is 0 Å². The zero-order chi connectivity index (χ0) is 12.8. The molecule has 0 N–H and O–H groups in total. The third-order valence-electron chi connectivity index (χ3n) is 6.64. The van der Waals surface area contributed by atoms with Gasteiger partial charge in [0.15, 0.2) is 0 Å². The summed E-state index contributed by atoms with van der Waals surface area (Å²) in [5, 5.41) is 0. The molecule has 3 rings (SSSR count). The van der Waals surface area contributed by atoms with E-state index in [1.54, 1.807) is 0 Å². The molecular weight excluding hydrogens is 222 g/mol. The fraction of sp³-hybridized carbons (Fsp3) is 1.00. The lowest BCUT2D eigenvalue weighted by atomic mass is 9.70. The highest BCUT2D eigenvalue weighted by Crippen LogP contribution is 2.66. The Morgan fingerprint density at radius 1 is 1.17 bits per heavy atom. The van der Waals surface area contributed by atoms with Gasteiger partial charge in [0.1, 0.15) is 0 Å². The second-order valence-corrected chi connectivity index (χ2v) is 7.52. The molecule has 2 aliphatic carbocycles. The maximum Gasteiger partial charge on any atom is 0.0637 e. The zero-order valence-corrected chi connectivity index (χ0v) is 12.4. The first kappa shape index (κ1) is 12.9. The smallest absolute Gasteiger partial charge is 0.0637 e. The highest BCUT2D eigenvalue weighted by atomic mass is 16.5. The van der Waals surface area contributed by atoms with E-state index in [-0.39, 0.29) is 0 Å². The van der Waals surface area contributed by atoms with E-state index in [4.69, 9.17) is 4.74 Å². The lowest BCUT2D eigenvalue weighted by Crippen LogP contribution is -2.38. The van der Waals surface area contributed by atoms with E-state index in [1.807, 2.05) is 0 Å². The van der Waals surface area contributed by atoms with Crippen LogP contribution in [-0.2, 0) is 4.74 Å². The van der Waals surface area contributed by atoms with Crippen molar-refractivity contribution in [1.82, 2.24) is 4.90 Å². The van der Waals surface area contributed by atoms with Gasteiger partial charge >= 0.3 is 0 Å². The minimum atomic E-state index is 0.433. The number of fused-ring (bicyclic) bond motifs is 2. The van der Waals surface area contributed by atoms with E-state index in [2.05, 4.69) is 25.7 Å². The van der Waals surface area contributed by atoms with E-state index >= 15 is 0 Å². The molecule has 3 atom stereocenters. The Labute approximate surface area is 112 Å². The second kappa shape index (κ2) is 4.49. The number of rotatable bonds is 4. The van der Waals surface area contributed by atoms with E-state index in [9.17, 15) is 0 Å². The average molecular weight is 251 g/mol. The molecule has 2 nitrogen and oxygen atoms in total. The third kappa shape index (κ3) is 1.84. The number of ether oxygens (including phenoxy) is 1. The molecule has 2 bridgehead atoms. The van der Waals surface area contributed by atoms with Gasteiger partial charge in [-0.25, -0.2) is 0 Å². The Balaban J connectivity index is 1.52. The molecule has 0 spiro atoms. The molecule has 0 amide bonds. The monoisotopic (exact) mass is 251 g/mol. The van der Waals surface area contributed by atoms with Crippen molar-refractivity contribution >= 4 is 0 Å². The Kier molecular flexibility index (Phi) is 3.22. The number of likely N-dealkylation sites (tertiary alicyclic amines) is 1. The Morgan fingerprint density at radius 3 is 2.44 bits per heavy atom. The van der Waals surface area contributed by atoms with Crippen LogP contribution in [0.5, 0.6) is 0 Å². The van der Waals surface area contributed by atoms with Crippen molar-refractivity contribution in [3.05, 3.63) is 0 Å². The lowest BCUT2D eigenvalue weighted by molar-refractivity contribution is -0.0507. The van der Waals surface area contributed by atoms with E-state index in [0.29, 0.717) is 16.9 Å². The van der Waals surface area contributed by atoms with Crippen molar-refractivity contribution in [2.75, 3.05) is 26.2 Å². The van der Waals surface area contributed by atoms with Crippen LogP contribution >= 0.6 is 0 Å². The average Bonchev–Trinajstić information content (AvgIpc) is 2.95. The van der Waals surface area contributed by atoms with E-state index < -0.39 is 0 Å². The maximum absolute atomic E-state index is 6.30. The third-order valence-corrected chi connectivity index (χ3v) is 6.64. The number of hydrogen-bond acceptors (Lipinski definition) is 2. The van der Waals surface area contributed by atoms with Gasteiger partial charge in [-0.1, -0.05) is 20.8 Å². The number of nitrogens with zero attached hydrogens (tertiary/aromatic N) is 1. The van der Waals surface area contributed by atoms with Crippen molar-refractivity contribution in [2.45, 2.75) is 59.0 Å². The first-order chi connectivity index (χ1) is 8.54. The fourth-order valence-electron chi connectivity index (χ4n) is 4.71. The highest BCUT2D eigenvalue weighted by Gasteiger charge is 2.61. The van der Waals surface area contributed by atoms with Crippen LogP contribution in [0.3, 0.4) is 0 Å². The molecule has 0 aromatic carbocycles. The molecule has 2 saturated carbocycles. The van der Waals surface area contributed by atoms with E-state index in [0.717, 1.165) is 19.1 Å². The largest absolute Gasteiger partial charge is 0.376 e. The van der Waals surface area contributed by atoms with Gasteiger partial charge in [-0.15, -0.1) is 0 Å². The van der Waals surface area contributed by atoms with Crippen LogP contribution in [0, 0.1) is 16.7 Å². The summed E-state index contributed by atoms with van der Waals surface area (Å²) in [6, 6.07) is 0. The SMILES string of the molecule is CC1(C)C2CCC1(C)C(OCCN1CCCC1)C2. The minimum Gasteiger partial charge on any atom is -0.376 e. The van der Waals surface area contributed by atoms with Gasteiger partial charge in [-0.2, -0.15) is 0 Å². The van der Waals surface area contributed by atoms with Crippen LogP contribution in [0.2, 0.25) is 0 Å². The Morgan fingerprint density at radius 2 is 1.89 bits per heavy atom. The van der Waals surface area contributed by atoms with Crippen molar-refractivity contribution in [2.24, 2.45) is 16.7 Å². The molecule has 0 aromatic rings. The first-order valence-electron chi connectivity index (χ1n) is 7.88. The lowest BCUT2D eigenvalue weighted by Gasteiger charge is -2.39. The second-order valence-electron chi connectivity index (χ2n) is 7.52. The van der Waals surface area contributed by atoms with Crippen molar-refractivity contribution < 1.29 is 4.74 Å². The predicted octanol–water partition coefficient (Wildman–Crippen LogP) is 3.31. The minimum absolute atomic E-state index is 0.433. The van der Waals surface area contributed by atoms with Crippen LogP contribution in [0.4, 0.5) is 0 Å². The molecule has 0 aromatic heterocycles. The standard InChI is InChI=1S/C16H29NO/c1-15(2)13-6-7-16(15,3)14(12-13)18-11-10-17-8-4-5-9-17/h13-14H,4-12H2,1-3H3. The molecule has 18 heavy (non-hydrogen) atoms. The molecule has 3 unspecified atom stereocenters. The Bertz CT molecular complexity index is 308. The molecule has 3 aliphatic rings. The van der Waals surface area contributed by atoms with Gasteiger partial charge in [-0.05, 0) is 61.9 Å². The summed E-state index contributed by atoms with van der Waals surface area (Å²) in [5.74, 6) is 0.902. The molecule has 2 heteroatoms. The van der Waals surface area contributed by atoms with Crippen LogP contribution < -0.4 is 0 Å². The molecule has 1 aliphatic heterocycles. The summed E-state index contributed by atoms with van der Waals surface area (Å²) in [5.41, 5.74) is 0.925. The number of hydrogen-bond donors (Lipinski definition) is 0. The topological polar surface area (TPSA) is 12.5 Å². The van der Waals surface area contributed by atoms with Crippen LogP contribution in [-0.4, -0.2) is 37.2 Å². The summed E-state index contributed by atoms with van der Waals surface area (Å²) >= 11 is 0. The molecule has 104 valence electrons. The van der Waals surface area contributed by atoms with Crippen LogP contribution in [0.25, 0.3) is 0 Å².